The van der Waals surface area contributed by atoms with Crippen molar-refractivity contribution >= 4 is 23.4 Å². The number of hydrogen-bond donors (Lipinski definition) is 3. The highest BCUT2D eigenvalue weighted by Crippen LogP contribution is 2.17. The Morgan fingerprint density at radius 3 is 2.62 bits per heavy atom. The Balaban J connectivity index is 1.54. The standard InChI is InChI=1S/C20H25N7O2/c1-13-5-7-15(8-6-13)24-17-11-14(2)23-20(25-17)22-10-9-21-18(28)16-12-27(3)26-19(16)29-4/h5-8,11-12H,9-10H2,1-4H3,(H,21,28)(H2,22,23,24,25). The average molecular weight is 395 g/mol. The van der Waals surface area contributed by atoms with Crippen LogP contribution in [0, 0.1) is 13.8 Å². The van der Waals surface area contributed by atoms with E-state index in [1.807, 2.05) is 44.2 Å². The summed E-state index contributed by atoms with van der Waals surface area (Å²) < 4.78 is 6.65. The molecule has 0 saturated heterocycles. The second kappa shape index (κ2) is 9.05. The molecule has 152 valence electrons. The lowest BCUT2D eigenvalue weighted by Gasteiger charge is -2.10. The van der Waals surface area contributed by atoms with Gasteiger partial charge in [0.1, 0.15) is 11.4 Å². The summed E-state index contributed by atoms with van der Waals surface area (Å²) in [6.07, 6.45) is 1.62. The maximum absolute atomic E-state index is 12.3. The number of methoxy groups -OCH3 is 1. The van der Waals surface area contributed by atoms with Gasteiger partial charge in [0, 0.05) is 43.8 Å². The quantitative estimate of drug-likeness (QED) is 0.503. The molecule has 3 aromatic rings. The average Bonchev–Trinajstić information content (AvgIpc) is 3.07. The Morgan fingerprint density at radius 2 is 1.90 bits per heavy atom. The van der Waals surface area contributed by atoms with Crippen LogP contribution in [0.5, 0.6) is 5.88 Å². The van der Waals surface area contributed by atoms with Crippen LogP contribution >= 0.6 is 0 Å². The Hall–Kier alpha value is -3.62. The van der Waals surface area contributed by atoms with Crippen molar-refractivity contribution in [2.24, 2.45) is 7.05 Å². The summed E-state index contributed by atoms with van der Waals surface area (Å²) in [5.41, 5.74) is 3.38. The number of aryl methyl sites for hydroxylation is 3. The normalized spacial score (nSPS) is 10.5. The Bertz CT molecular complexity index is 983. The molecule has 1 amide bonds. The van der Waals surface area contributed by atoms with Gasteiger partial charge in [0.25, 0.3) is 5.91 Å². The Morgan fingerprint density at radius 1 is 1.14 bits per heavy atom. The minimum absolute atomic E-state index is 0.247. The van der Waals surface area contributed by atoms with E-state index in [1.165, 1.54) is 17.4 Å². The number of carbonyl (C=O) groups is 1. The van der Waals surface area contributed by atoms with Crippen LogP contribution in [0.3, 0.4) is 0 Å². The number of hydrogen-bond acceptors (Lipinski definition) is 7. The van der Waals surface area contributed by atoms with Gasteiger partial charge in [-0.25, -0.2) is 4.98 Å². The first kappa shape index (κ1) is 20.1. The summed E-state index contributed by atoms with van der Waals surface area (Å²) in [6.45, 7) is 4.82. The van der Waals surface area contributed by atoms with Gasteiger partial charge in [-0.05, 0) is 26.0 Å². The number of benzene rings is 1. The van der Waals surface area contributed by atoms with Crippen molar-refractivity contribution in [3.8, 4) is 5.88 Å². The molecule has 3 N–H and O–H groups in total. The van der Waals surface area contributed by atoms with Crippen molar-refractivity contribution in [2.45, 2.75) is 13.8 Å². The second-order valence-electron chi connectivity index (χ2n) is 6.62. The van der Waals surface area contributed by atoms with Crippen LogP contribution in [-0.4, -0.2) is 45.9 Å². The van der Waals surface area contributed by atoms with Crippen molar-refractivity contribution in [2.75, 3.05) is 30.8 Å². The molecule has 0 aliphatic rings. The van der Waals surface area contributed by atoms with Crippen LogP contribution in [0.15, 0.2) is 36.5 Å². The summed E-state index contributed by atoms with van der Waals surface area (Å²) in [4.78, 5) is 21.1. The summed E-state index contributed by atoms with van der Waals surface area (Å²) >= 11 is 0. The smallest absolute Gasteiger partial charge is 0.258 e. The molecule has 1 aromatic carbocycles. The van der Waals surface area contributed by atoms with E-state index < -0.39 is 0 Å². The zero-order valence-electron chi connectivity index (χ0n) is 17.0. The molecule has 29 heavy (non-hydrogen) atoms. The first-order valence-corrected chi connectivity index (χ1v) is 9.23. The first-order chi connectivity index (χ1) is 13.9. The van der Waals surface area contributed by atoms with Crippen molar-refractivity contribution in [3.63, 3.8) is 0 Å². The van der Waals surface area contributed by atoms with Crippen molar-refractivity contribution in [1.82, 2.24) is 25.1 Å². The Labute approximate surface area is 169 Å². The fourth-order valence-corrected chi connectivity index (χ4v) is 2.72. The number of rotatable bonds is 8. The zero-order chi connectivity index (χ0) is 20.8. The lowest BCUT2D eigenvalue weighted by molar-refractivity contribution is 0.0952. The summed E-state index contributed by atoms with van der Waals surface area (Å²) in [5.74, 6) is 1.25. The molecule has 2 heterocycles. The van der Waals surface area contributed by atoms with E-state index in [0.29, 0.717) is 36.3 Å². The molecule has 9 nitrogen and oxygen atoms in total. The monoisotopic (exact) mass is 395 g/mol. The lowest BCUT2D eigenvalue weighted by atomic mass is 10.2. The molecule has 0 spiro atoms. The van der Waals surface area contributed by atoms with Crippen molar-refractivity contribution < 1.29 is 9.53 Å². The number of nitrogens with zero attached hydrogens (tertiary/aromatic N) is 4. The van der Waals surface area contributed by atoms with E-state index in [4.69, 9.17) is 4.74 Å². The molecular formula is C20H25N7O2. The van der Waals surface area contributed by atoms with Gasteiger partial charge in [-0.2, -0.15) is 4.98 Å². The van der Waals surface area contributed by atoms with Crippen LogP contribution in [0.2, 0.25) is 0 Å². The maximum Gasteiger partial charge on any atom is 0.258 e. The van der Waals surface area contributed by atoms with Crippen molar-refractivity contribution in [3.05, 3.63) is 53.3 Å². The van der Waals surface area contributed by atoms with Gasteiger partial charge in [0.15, 0.2) is 0 Å². The molecule has 2 aromatic heterocycles. The number of amides is 1. The van der Waals surface area contributed by atoms with Crippen LogP contribution in [-0.2, 0) is 7.05 Å². The third-order valence-corrected chi connectivity index (χ3v) is 4.10. The molecule has 0 unspecified atom stereocenters. The van der Waals surface area contributed by atoms with Gasteiger partial charge in [-0.1, -0.05) is 17.7 Å². The third kappa shape index (κ3) is 5.44. The lowest BCUT2D eigenvalue weighted by Crippen LogP contribution is -2.29. The van der Waals surface area contributed by atoms with Crippen LogP contribution in [0.4, 0.5) is 17.5 Å². The SMILES string of the molecule is COc1nn(C)cc1C(=O)NCCNc1nc(C)cc(Nc2ccc(C)cc2)n1. The predicted molar refractivity (Wildman–Crippen MR) is 112 cm³/mol. The van der Waals surface area contributed by atoms with Gasteiger partial charge < -0.3 is 20.7 Å². The number of nitrogens with one attached hydrogen (secondary N) is 3. The number of anilines is 3. The van der Waals surface area contributed by atoms with Crippen LogP contribution in [0.25, 0.3) is 0 Å². The van der Waals surface area contributed by atoms with Gasteiger partial charge in [-0.15, -0.1) is 5.10 Å². The van der Waals surface area contributed by atoms with E-state index in [1.54, 1.807) is 13.2 Å². The molecule has 0 aliphatic carbocycles. The van der Waals surface area contributed by atoms with Gasteiger partial charge in [-0.3, -0.25) is 9.48 Å². The summed E-state index contributed by atoms with van der Waals surface area (Å²) in [5, 5.41) is 13.3. The maximum atomic E-state index is 12.3. The van der Waals surface area contributed by atoms with Gasteiger partial charge in [0.05, 0.1) is 7.11 Å². The molecule has 0 saturated carbocycles. The third-order valence-electron chi connectivity index (χ3n) is 4.10. The fourth-order valence-electron chi connectivity index (χ4n) is 2.72. The minimum atomic E-state index is -0.247. The van der Waals surface area contributed by atoms with E-state index in [0.717, 1.165) is 11.4 Å². The van der Waals surface area contributed by atoms with Crippen LogP contribution < -0.4 is 20.7 Å². The molecular weight excluding hydrogens is 370 g/mol. The Kier molecular flexibility index (Phi) is 6.28. The number of aromatic nitrogens is 4. The molecule has 0 bridgehead atoms. The zero-order valence-corrected chi connectivity index (χ0v) is 17.0. The minimum Gasteiger partial charge on any atom is -0.479 e. The molecule has 0 atom stereocenters. The second-order valence-corrected chi connectivity index (χ2v) is 6.62. The molecule has 0 fully saturated rings. The summed E-state index contributed by atoms with van der Waals surface area (Å²) in [6, 6.07) is 9.96. The summed E-state index contributed by atoms with van der Waals surface area (Å²) in [7, 11) is 3.22. The molecule has 0 radical (unpaired) electrons. The largest absolute Gasteiger partial charge is 0.479 e. The predicted octanol–water partition coefficient (Wildman–Crippen LogP) is 2.42. The van der Waals surface area contributed by atoms with E-state index in [9.17, 15) is 4.79 Å². The first-order valence-electron chi connectivity index (χ1n) is 9.23. The van der Waals surface area contributed by atoms with Crippen LogP contribution in [0.1, 0.15) is 21.6 Å². The highest BCUT2D eigenvalue weighted by molar-refractivity contribution is 5.96. The highest BCUT2D eigenvalue weighted by atomic mass is 16.5. The van der Waals surface area contributed by atoms with E-state index in [-0.39, 0.29) is 5.91 Å². The van der Waals surface area contributed by atoms with Crippen molar-refractivity contribution in [1.29, 1.82) is 0 Å². The number of carbonyl (C=O) groups excluding carboxylic acids is 1. The fraction of sp³-hybridized carbons (Fsp3) is 0.300. The van der Waals surface area contributed by atoms with E-state index >= 15 is 0 Å². The highest BCUT2D eigenvalue weighted by Gasteiger charge is 2.15. The molecule has 0 aliphatic heterocycles. The van der Waals surface area contributed by atoms with E-state index in [2.05, 4.69) is 31.0 Å². The van der Waals surface area contributed by atoms with Gasteiger partial charge in [0.2, 0.25) is 11.8 Å². The topological polar surface area (TPSA) is 106 Å². The molecule has 9 heteroatoms. The van der Waals surface area contributed by atoms with Gasteiger partial charge >= 0.3 is 0 Å². The molecule has 3 rings (SSSR count). The number of ether oxygens (including phenoxy) is 1.